The molecule has 1 unspecified atom stereocenters. The predicted octanol–water partition coefficient (Wildman–Crippen LogP) is -0.212. The van der Waals surface area contributed by atoms with Crippen LogP contribution in [0, 0.1) is 0 Å². The lowest BCUT2D eigenvalue weighted by atomic mass is 9.97. The predicted molar refractivity (Wildman–Crippen MR) is 58.9 cm³/mol. The summed E-state index contributed by atoms with van der Waals surface area (Å²) in [6, 6.07) is 0.463. The Morgan fingerprint density at radius 3 is 2.69 bits per heavy atom. The maximum Gasteiger partial charge on any atom is 0.237 e. The molecule has 1 atom stereocenters. The SMILES string of the molecule is CC(CCOC1COC1)(NC1CC1)C(N)=O. The Labute approximate surface area is 95.7 Å². The molecule has 2 aliphatic rings. The number of carbonyl (C=O) groups excluding carboxylic acids is 1. The summed E-state index contributed by atoms with van der Waals surface area (Å²) in [6.07, 6.45) is 3.11. The molecule has 5 heteroatoms. The standard InChI is InChI=1S/C11H20N2O3/c1-11(10(12)14,13-8-2-3-8)4-5-16-9-6-15-7-9/h8-9,13H,2-7H2,1H3,(H2,12,14). The van der Waals surface area contributed by atoms with E-state index in [4.69, 9.17) is 15.2 Å². The van der Waals surface area contributed by atoms with E-state index in [9.17, 15) is 4.79 Å². The Kier molecular flexibility index (Phi) is 3.47. The van der Waals surface area contributed by atoms with E-state index in [0.717, 1.165) is 12.8 Å². The summed E-state index contributed by atoms with van der Waals surface area (Å²) in [6.45, 7) is 3.74. The van der Waals surface area contributed by atoms with Gasteiger partial charge in [-0.1, -0.05) is 0 Å². The first-order valence-electron chi connectivity index (χ1n) is 5.87. The molecule has 0 aromatic heterocycles. The second kappa shape index (κ2) is 4.69. The van der Waals surface area contributed by atoms with E-state index in [1.165, 1.54) is 0 Å². The quantitative estimate of drug-likeness (QED) is 0.632. The minimum atomic E-state index is -0.633. The van der Waals surface area contributed by atoms with Crippen LogP contribution < -0.4 is 11.1 Å². The van der Waals surface area contributed by atoms with Crippen LogP contribution >= 0.6 is 0 Å². The van der Waals surface area contributed by atoms with Crippen LogP contribution in [0.15, 0.2) is 0 Å². The molecule has 1 amide bonds. The number of nitrogens with two attached hydrogens (primary N) is 1. The molecular formula is C11H20N2O3. The molecular weight excluding hydrogens is 208 g/mol. The highest BCUT2D eigenvalue weighted by Crippen LogP contribution is 2.24. The monoisotopic (exact) mass is 228 g/mol. The fourth-order valence-corrected chi connectivity index (χ4v) is 1.68. The molecule has 16 heavy (non-hydrogen) atoms. The molecule has 0 bridgehead atoms. The van der Waals surface area contributed by atoms with Crippen molar-refractivity contribution >= 4 is 5.91 Å². The Hall–Kier alpha value is -0.650. The van der Waals surface area contributed by atoms with Gasteiger partial charge in [-0.05, 0) is 26.2 Å². The van der Waals surface area contributed by atoms with Crippen molar-refractivity contribution in [1.82, 2.24) is 5.32 Å². The van der Waals surface area contributed by atoms with Gasteiger partial charge in [-0.25, -0.2) is 0 Å². The fraction of sp³-hybridized carbons (Fsp3) is 0.909. The normalized spacial score (nSPS) is 24.8. The summed E-state index contributed by atoms with van der Waals surface area (Å²) in [5.74, 6) is -0.298. The summed E-state index contributed by atoms with van der Waals surface area (Å²) < 4.78 is 10.6. The first kappa shape index (κ1) is 11.8. The molecule has 5 nitrogen and oxygen atoms in total. The highest BCUT2D eigenvalue weighted by molar-refractivity contribution is 5.84. The lowest BCUT2D eigenvalue weighted by molar-refractivity contribution is -0.136. The maximum atomic E-state index is 11.4. The van der Waals surface area contributed by atoms with Gasteiger partial charge in [-0.2, -0.15) is 0 Å². The number of ether oxygens (including phenoxy) is 2. The van der Waals surface area contributed by atoms with Gasteiger partial charge >= 0.3 is 0 Å². The lowest BCUT2D eigenvalue weighted by Crippen LogP contribution is -2.55. The van der Waals surface area contributed by atoms with Gasteiger partial charge < -0.3 is 20.5 Å². The zero-order chi connectivity index (χ0) is 11.6. The highest BCUT2D eigenvalue weighted by Gasteiger charge is 2.37. The lowest BCUT2D eigenvalue weighted by Gasteiger charge is -2.30. The molecule has 0 spiro atoms. The average Bonchev–Trinajstić information content (AvgIpc) is 2.93. The molecule has 2 rings (SSSR count). The van der Waals surface area contributed by atoms with E-state index < -0.39 is 5.54 Å². The Morgan fingerprint density at radius 1 is 1.56 bits per heavy atom. The number of amides is 1. The molecule has 1 aliphatic heterocycles. The summed E-state index contributed by atoms with van der Waals surface area (Å²) in [4.78, 5) is 11.4. The van der Waals surface area contributed by atoms with E-state index in [2.05, 4.69) is 5.32 Å². The fourth-order valence-electron chi connectivity index (χ4n) is 1.68. The van der Waals surface area contributed by atoms with Crippen molar-refractivity contribution in [2.75, 3.05) is 19.8 Å². The van der Waals surface area contributed by atoms with Gasteiger partial charge in [0.2, 0.25) is 5.91 Å². The van der Waals surface area contributed by atoms with Crippen LogP contribution in [0.4, 0.5) is 0 Å². The van der Waals surface area contributed by atoms with E-state index >= 15 is 0 Å². The van der Waals surface area contributed by atoms with Crippen LogP contribution in [0.3, 0.4) is 0 Å². The number of rotatable bonds is 7. The van der Waals surface area contributed by atoms with Crippen LogP contribution in [-0.4, -0.2) is 43.4 Å². The molecule has 1 aliphatic carbocycles. The summed E-state index contributed by atoms with van der Waals surface area (Å²) in [7, 11) is 0. The average molecular weight is 228 g/mol. The van der Waals surface area contributed by atoms with Gasteiger partial charge in [0.05, 0.1) is 18.8 Å². The molecule has 0 radical (unpaired) electrons. The van der Waals surface area contributed by atoms with Crippen molar-refractivity contribution in [1.29, 1.82) is 0 Å². The first-order valence-corrected chi connectivity index (χ1v) is 5.87. The Balaban J connectivity index is 1.73. The molecule has 2 fully saturated rings. The smallest absolute Gasteiger partial charge is 0.237 e. The van der Waals surface area contributed by atoms with E-state index in [1.807, 2.05) is 6.92 Å². The number of hydrogen-bond donors (Lipinski definition) is 2. The summed E-state index contributed by atoms with van der Waals surface area (Å²) in [5.41, 5.74) is 4.80. The first-order chi connectivity index (χ1) is 7.60. The summed E-state index contributed by atoms with van der Waals surface area (Å²) >= 11 is 0. The summed E-state index contributed by atoms with van der Waals surface area (Å²) in [5, 5.41) is 3.29. The number of carbonyl (C=O) groups is 1. The van der Waals surface area contributed by atoms with Gasteiger partial charge in [0.1, 0.15) is 6.10 Å². The second-order valence-electron chi connectivity index (χ2n) is 4.90. The van der Waals surface area contributed by atoms with Crippen LogP contribution in [0.25, 0.3) is 0 Å². The zero-order valence-corrected chi connectivity index (χ0v) is 9.70. The van der Waals surface area contributed by atoms with Gasteiger partial charge in [-0.3, -0.25) is 4.79 Å². The zero-order valence-electron chi connectivity index (χ0n) is 9.70. The second-order valence-corrected chi connectivity index (χ2v) is 4.90. The number of nitrogens with one attached hydrogen (secondary N) is 1. The van der Waals surface area contributed by atoms with Crippen molar-refractivity contribution in [2.45, 2.75) is 43.9 Å². The number of primary amides is 1. The van der Waals surface area contributed by atoms with Crippen molar-refractivity contribution in [2.24, 2.45) is 5.73 Å². The molecule has 0 aromatic rings. The minimum absolute atomic E-state index is 0.207. The van der Waals surface area contributed by atoms with E-state index in [0.29, 0.717) is 32.3 Å². The highest BCUT2D eigenvalue weighted by atomic mass is 16.6. The van der Waals surface area contributed by atoms with Crippen LogP contribution in [0.5, 0.6) is 0 Å². The number of hydrogen-bond acceptors (Lipinski definition) is 4. The van der Waals surface area contributed by atoms with E-state index in [-0.39, 0.29) is 12.0 Å². The molecule has 0 aromatic carbocycles. The van der Waals surface area contributed by atoms with Crippen molar-refractivity contribution in [3.05, 3.63) is 0 Å². The van der Waals surface area contributed by atoms with Gasteiger partial charge in [-0.15, -0.1) is 0 Å². The minimum Gasteiger partial charge on any atom is -0.376 e. The third kappa shape index (κ3) is 2.93. The Morgan fingerprint density at radius 2 is 2.25 bits per heavy atom. The van der Waals surface area contributed by atoms with Crippen molar-refractivity contribution in [3.8, 4) is 0 Å². The largest absolute Gasteiger partial charge is 0.376 e. The molecule has 1 heterocycles. The maximum absolute atomic E-state index is 11.4. The third-order valence-electron chi connectivity index (χ3n) is 3.21. The molecule has 1 saturated heterocycles. The van der Waals surface area contributed by atoms with Crippen LogP contribution in [0.2, 0.25) is 0 Å². The van der Waals surface area contributed by atoms with Crippen LogP contribution in [0.1, 0.15) is 26.2 Å². The van der Waals surface area contributed by atoms with Gasteiger partial charge in [0.25, 0.3) is 0 Å². The van der Waals surface area contributed by atoms with Crippen molar-refractivity contribution < 1.29 is 14.3 Å². The van der Waals surface area contributed by atoms with Gasteiger partial charge in [0, 0.05) is 12.6 Å². The van der Waals surface area contributed by atoms with E-state index in [1.54, 1.807) is 0 Å². The Bertz CT molecular complexity index is 264. The molecule has 92 valence electrons. The van der Waals surface area contributed by atoms with Crippen LogP contribution in [-0.2, 0) is 14.3 Å². The topological polar surface area (TPSA) is 73.6 Å². The molecule has 3 N–H and O–H groups in total. The third-order valence-corrected chi connectivity index (χ3v) is 3.21. The molecule has 1 saturated carbocycles. The van der Waals surface area contributed by atoms with Crippen molar-refractivity contribution in [3.63, 3.8) is 0 Å². The van der Waals surface area contributed by atoms with Gasteiger partial charge in [0.15, 0.2) is 0 Å².